The molecule has 1 heterocycles. The van der Waals surface area contributed by atoms with Gasteiger partial charge >= 0.3 is 0 Å². The predicted molar refractivity (Wildman–Crippen MR) is 128 cm³/mol. The maximum Gasteiger partial charge on any atom is 0.274 e. The van der Waals surface area contributed by atoms with Gasteiger partial charge in [-0.1, -0.05) is 23.7 Å². The second kappa shape index (κ2) is 7.99. The molecule has 1 amide bonds. The van der Waals surface area contributed by atoms with Gasteiger partial charge in [0.05, 0.1) is 28.0 Å². The summed E-state index contributed by atoms with van der Waals surface area (Å²) in [7, 11) is 3.48. The molecule has 5 nitrogen and oxygen atoms in total. The third-order valence-corrected chi connectivity index (χ3v) is 6.79. The monoisotopic (exact) mass is 501 g/mol. The van der Waals surface area contributed by atoms with E-state index in [9.17, 15) is 4.79 Å². The number of ether oxygens (including phenoxy) is 1. The smallest absolute Gasteiger partial charge is 0.274 e. The van der Waals surface area contributed by atoms with E-state index in [2.05, 4.69) is 22.0 Å². The van der Waals surface area contributed by atoms with Crippen LogP contribution in [0.1, 0.15) is 42.4 Å². The molecule has 0 atom stereocenters. The van der Waals surface area contributed by atoms with Crippen molar-refractivity contribution in [3.63, 3.8) is 0 Å². The van der Waals surface area contributed by atoms with E-state index in [1.165, 1.54) is 0 Å². The average Bonchev–Trinajstić information content (AvgIpc) is 3.11. The van der Waals surface area contributed by atoms with Crippen molar-refractivity contribution < 1.29 is 9.53 Å². The lowest BCUT2D eigenvalue weighted by Crippen LogP contribution is -2.43. The van der Waals surface area contributed by atoms with E-state index in [0.29, 0.717) is 10.7 Å². The normalized spacial score (nSPS) is 12.9. The van der Waals surface area contributed by atoms with Crippen molar-refractivity contribution in [2.45, 2.75) is 39.2 Å². The molecule has 0 bridgehead atoms. The zero-order valence-electron chi connectivity index (χ0n) is 18.3. The molecule has 162 valence electrons. The molecule has 0 spiro atoms. The van der Waals surface area contributed by atoms with Gasteiger partial charge in [0.15, 0.2) is 5.69 Å². The minimum absolute atomic E-state index is 0.0921. The van der Waals surface area contributed by atoms with Gasteiger partial charge in [-0.25, -0.2) is 4.68 Å². The summed E-state index contributed by atoms with van der Waals surface area (Å²) in [4.78, 5) is 15.2. The highest BCUT2D eigenvalue weighted by Crippen LogP contribution is 2.42. The van der Waals surface area contributed by atoms with E-state index < -0.39 is 0 Å². The number of fused-ring (bicyclic) bond motifs is 3. The van der Waals surface area contributed by atoms with Gasteiger partial charge < -0.3 is 9.64 Å². The fourth-order valence-corrected chi connectivity index (χ4v) is 4.56. The fourth-order valence-electron chi connectivity index (χ4n) is 3.84. The zero-order chi connectivity index (χ0) is 22.5. The quantitative estimate of drug-likeness (QED) is 0.446. The van der Waals surface area contributed by atoms with Gasteiger partial charge in [0.25, 0.3) is 5.91 Å². The lowest BCUT2D eigenvalue weighted by Gasteiger charge is -2.31. The molecular weight excluding hydrogens is 478 g/mol. The molecule has 0 saturated heterocycles. The molecule has 0 N–H and O–H groups in total. The van der Waals surface area contributed by atoms with Crippen LogP contribution in [0.3, 0.4) is 0 Å². The Bertz CT molecular complexity index is 1180. The van der Waals surface area contributed by atoms with Gasteiger partial charge in [-0.2, -0.15) is 5.10 Å². The van der Waals surface area contributed by atoms with Crippen LogP contribution in [-0.2, 0) is 12.8 Å². The van der Waals surface area contributed by atoms with Crippen molar-refractivity contribution in [1.29, 1.82) is 0 Å². The van der Waals surface area contributed by atoms with Crippen LogP contribution in [0.15, 0.2) is 40.9 Å². The third kappa shape index (κ3) is 3.76. The van der Waals surface area contributed by atoms with Gasteiger partial charge in [0.2, 0.25) is 0 Å². The lowest BCUT2D eigenvalue weighted by molar-refractivity contribution is 0.0648. The Labute approximate surface area is 196 Å². The molecule has 31 heavy (non-hydrogen) atoms. The van der Waals surface area contributed by atoms with Gasteiger partial charge in [-0.3, -0.25) is 4.79 Å². The van der Waals surface area contributed by atoms with Crippen LogP contribution in [-0.4, -0.2) is 40.3 Å². The summed E-state index contributed by atoms with van der Waals surface area (Å²) in [5.74, 6) is 0.695. The van der Waals surface area contributed by atoms with Crippen LogP contribution in [0, 0.1) is 0 Å². The van der Waals surface area contributed by atoms with Crippen molar-refractivity contribution in [3.8, 4) is 22.7 Å². The number of hydrogen-bond acceptors (Lipinski definition) is 3. The van der Waals surface area contributed by atoms with Crippen LogP contribution < -0.4 is 4.74 Å². The number of aryl methyl sites for hydroxylation is 1. The topological polar surface area (TPSA) is 47.4 Å². The number of para-hydroxylation sites is 1. The van der Waals surface area contributed by atoms with E-state index >= 15 is 0 Å². The zero-order valence-corrected chi connectivity index (χ0v) is 20.6. The van der Waals surface area contributed by atoms with Crippen LogP contribution in [0.4, 0.5) is 0 Å². The first-order chi connectivity index (χ1) is 14.6. The van der Waals surface area contributed by atoms with Crippen LogP contribution in [0.25, 0.3) is 16.9 Å². The van der Waals surface area contributed by atoms with Crippen molar-refractivity contribution in [1.82, 2.24) is 14.7 Å². The molecule has 4 rings (SSSR count). The number of benzene rings is 2. The van der Waals surface area contributed by atoms with Crippen molar-refractivity contribution in [2.24, 2.45) is 0 Å². The first-order valence-electron chi connectivity index (χ1n) is 10.1. The van der Waals surface area contributed by atoms with Gasteiger partial charge in [-0.15, -0.1) is 0 Å². The van der Waals surface area contributed by atoms with Gasteiger partial charge in [0.1, 0.15) is 5.75 Å². The average molecular weight is 503 g/mol. The number of aromatic nitrogens is 2. The fraction of sp³-hybridized carbons (Fsp3) is 0.333. The Hall–Kier alpha value is -2.31. The molecule has 3 aromatic rings. The summed E-state index contributed by atoms with van der Waals surface area (Å²) in [6.07, 6.45) is 1.52. The third-order valence-electron chi connectivity index (χ3n) is 5.85. The summed E-state index contributed by atoms with van der Waals surface area (Å²) in [6.45, 7) is 6.04. The van der Waals surface area contributed by atoms with Crippen molar-refractivity contribution in [2.75, 3.05) is 14.2 Å². The van der Waals surface area contributed by atoms with E-state index in [4.69, 9.17) is 21.4 Å². The number of methoxy groups -OCH3 is 1. The number of halogens is 2. The Morgan fingerprint density at radius 3 is 2.58 bits per heavy atom. The number of carbonyl (C=O) groups is 1. The Morgan fingerprint density at radius 2 is 1.94 bits per heavy atom. The summed E-state index contributed by atoms with van der Waals surface area (Å²) in [5, 5.41) is 5.40. The largest absolute Gasteiger partial charge is 0.496 e. The molecule has 1 aromatic heterocycles. The number of nitrogens with zero attached hydrogens (tertiary/aromatic N) is 3. The molecule has 7 heteroatoms. The first kappa shape index (κ1) is 21.9. The highest BCUT2D eigenvalue weighted by Gasteiger charge is 2.33. The minimum atomic E-state index is -0.318. The second-order valence-corrected chi connectivity index (χ2v) is 9.98. The lowest BCUT2D eigenvalue weighted by atomic mass is 9.88. The Morgan fingerprint density at radius 1 is 1.23 bits per heavy atom. The first-order valence-corrected chi connectivity index (χ1v) is 11.3. The molecular formula is C24H25BrClN3O2. The van der Waals surface area contributed by atoms with E-state index in [0.717, 1.165) is 51.1 Å². The van der Waals surface area contributed by atoms with E-state index in [1.807, 2.05) is 62.8 Å². The van der Waals surface area contributed by atoms with Crippen LogP contribution >= 0.6 is 27.5 Å². The van der Waals surface area contributed by atoms with Crippen molar-refractivity contribution in [3.05, 3.63) is 62.7 Å². The second-order valence-electron chi connectivity index (χ2n) is 8.72. The molecule has 1 aliphatic rings. The Balaban J connectivity index is 1.99. The minimum Gasteiger partial charge on any atom is -0.496 e. The highest BCUT2D eigenvalue weighted by molar-refractivity contribution is 9.10. The van der Waals surface area contributed by atoms with E-state index in [1.54, 1.807) is 12.0 Å². The van der Waals surface area contributed by atoms with Crippen molar-refractivity contribution >= 4 is 33.4 Å². The number of rotatable bonds is 3. The SMILES string of the molecule is COc1cc2c(cc1Br)-c1c(c(C(=O)N(C)C(C)(C)C)nn1-c1ccccc1Cl)CC2. The number of carbonyl (C=O) groups excluding carboxylic acids is 1. The standard InChI is InChI=1S/C24H25BrClN3O2/c1-24(2,3)28(4)23(30)21-15-11-10-14-12-20(31-5)17(25)13-16(14)22(15)29(27-21)19-9-7-6-8-18(19)26/h6-9,12-13H,10-11H2,1-5H3. The summed E-state index contributed by atoms with van der Waals surface area (Å²) in [5.41, 5.74) is 4.94. The van der Waals surface area contributed by atoms with E-state index in [-0.39, 0.29) is 11.4 Å². The van der Waals surface area contributed by atoms with Gasteiger partial charge in [-0.05, 0) is 79.4 Å². The van der Waals surface area contributed by atoms with Crippen LogP contribution in [0.2, 0.25) is 5.02 Å². The molecule has 0 unspecified atom stereocenters. The molecule has 0 aliphatic heterocycles. The summed E-state index contributed by atoms with van der Waals surface area (Å²) in [6, 6.07) is 11.7. The molecule has 1 aliphatic carbocycles. The maximum absolute atomic E-state index is 13.5. The number of hydrogen-bond donors (Lipinski definition) is 0. The predicted octanol–water partition coefficient (Wildman–Crippen LogP) is 5.93. The van der Waals surface area contributed by atoms with Gasteiger partial charge in [0, 0.05) is 23.7 Å². The summed E-state index contributed by atoms with van der Waals surface area (Å²) >= 11 is 10.2. The maximum atomic E-state index is 13.5. The highest BCUT2D eigenvalue weighted by atomic mass is 79.9. The summed E-state index contributed by atoms with van der Waals surface area (Å²) < 4.78 is 8.17. The molecule has 0 saturated carbocycles. The molecule has 0 fully saturated rings. The van der Waals surface area contributed by atoms with Crippen LogP contribution in [0.5, 0.6) is 5.75 Å². The number of amides is 1. The Kier molecular flexibility index (Phi) is 5.64. The molecule has 0 radical (unpaired) electrons. The molecule has 2 aromatic carbocycles.